The van der Waals surface area contributed by atoms with E-state index in [4.69, 9.17) is 16.0 Å². The predicted octanol–water partition coefficient (Wildman–Crippen LogP) is 0.489. The fourth-order valence-electron chi connectivity index (χ4n) is 1.62. The van der Waals surface area contributed by atoms with Crippen molar-refractivity contribution in [1.29, 1.82) is 0 Å². The highest BCUT2D eigenvalue weighted by Crippen LogP contribution is 2.24. The summed E-state index contributed by atoms with van der Waals surface area (Å²) in [7, 11) is -3.80. The van der Waals surface area contributed by atoms with Gasteiger partial charge in [-0.2, -0.15) is 0 Å². The summed E-state index contributed by atoms with van der Waals surface area (Å²) in [5, 5.41) is 17.1. The molecule has 0 saturated heterocycles. The van der Waals surface area contributed by atoms with Crippen LogP contribution in [0.3, 0.4) is 0 Å². The second-order valence-electron chi connectivity index (χ2n) is 4.78. The van der Waals surface area contributed by atoms with Gasteiger partial charge in [-0.3, -0.25) is 0 Å². The van der Waals surface area contributed by atoms with E-state index in [1.807, 2.05) is 13.8 Å². The van der Waals surface area contributed by atoms with Gasteiger partial charge < -0.3 is 16.2 Å². The van der Waals surface area contributed by atoms with Crippen molar-refractivity contribution < 1.29 is 13.5 Å². The van der Waals surface area contributed by atoms with Crippen LogP contribution in [0.1, 0.15) is 20.3 Å². The van der Waals surface area contributed by atoms with Gasteiger partial charge in [0, 0.05) is 17.8 Å². The molecule has 0 aromatic heterocycles. The molecule has 18 heavy (non-hydrogen) atoms. The van der Waals surface area contributed by atoms with E-state index in [0.717, 1.165) is 0 Å². The summed E-state index contributed by atoms with van der Waals surface area (Å²) in [5.41, 5.74) is 6.11. The number of hydrogen-bond donors (Lipinski definition) is 4. The molecule has 0 heterocycles. The number of aliphatic hydroxyl groups excluding tert-OH is 1. The first-order chi connectivity index (χ1) is 8.15. The largest absolute Gasteiger partial charge is 0.398 e. The molecule has 0 fully saturated rings. The molecule has 0 aliphatic rings. The average Bonchev–Trinajstić information content (AvgIpc) is 2.13. The van der Waals surface area contributed by atoms with E-state index < -0.39 is 10.0 Å². The lowest BCUT2D eigenvalue weighted by molar-refractivity contribution is 0.261. The number of nitrogens with two attached hydrogens (primary N) is 2. The van der Waals surface area contributed by atoms with Crippen molar-refractivity contribution in [2.45, 2.75) is 30.7 Å². The summed E-state index contributed by atoms with van der Waals surface area (Å²) in [6.45, 7) is 3.91. The van der Waals surface area contributed by atoms with Gasteiger partial charge in [-0.25, -0.2) is 13.6 Å². The van der Waals surface area contributed by atoms with Crippen molar-refractivity contribution in [1.82, 2.24) is 0 Å². The fraction of sp³-hybridized carbons (Fsp3) is 0.455. The summed E-state index contributed by atoms with van der Waals surface area (Å²) in [6, 6.07) is 4.47. The van der Waals surface area contributed by atoms with Crippen molar-refractivity contribution in [2.24, 2.45) is 5.14 Å². The van der Waals surface area contributed by atoms with Gasteiger partial charge in [0.05, 0.1) is 5.69 Å². The van der Waals surface area contributed by atoms with E-state index >= 15 is 0 Å². The number of primary sulfonamides is 1. The molecule has 6 nitrogen and oxygen atoms in total. The van der Waals surface area contributed by atoms with E-state index in [0.29, 0.717) is 12.1 Å². The van der Waals surface area contributed by atoms with E-state index in [2.05, 4.69) is 5.32 Å². The SMILES string of the molecule is CC(C)(CCO)Nc1ccc(S(N)(=O)=O)c(N)c1. The fourth-order valence-corrected chi connectivity index (χ4v) is 2.26. The van der Waals surface area contributed by atoms with Crippen molar-refractivity contribution in [2.75, 3.05) is 17.7 Å². The van der Waals surface area contributed by atoms with E-state index in [1.165, 1.54) is 12.1 Å². The smallest absolute Gasteiger partial charge is 0.240 e. The standard InChI is InChI=1S/C11H19N3O3S/c1-11(2,5-6-15)14-8-3-4-10(9(12)7-8)18(13,16)17/h3-4,7,14-15H,5-6,12H2,1-2H3,(H2,13,16,17). The zero-order valence-corrected chi connectivity index (χ0v) is 11.3. The van der Waals surface area contributed by atoms with Gasteiger partial charge in [0.15, 0.2) is 0 Å². The highest BCUT2D eigenvalue weighted by atomic mass is 32.2. The molecule has 1 aromatic rings. The van der Waals surface area contributed by atoms with Crippen LogP contribution < -0.4 is 16.2 Å². The number of rotatable bonds is 5. The molecule has 0 amide bonds. The Morgan fingerprint density at radius 2 is 2.00 bits per heavy atom. The Morgan fingerprint density at radius 1 is 1.39 bits per heavy atom. The van der Waals surface area contributed by atoms with Crippen LogP contribution in [0.5, 0.6) is 0 Å². The molecule has 1 rings (SSSR count). The molecule has 0 unspecified atom stereocenters. The van der Waals surface area contributed by atoms with Crippen LogP contribution in [0, 0.1) is 0 Å². The van der Waals surface area contributed by atoms with Crippen LogP contribution in [0.15, 0.2) is 23.1 Å². The summed E-state index contributed by atoms with van der Waals surface area (Å²) in [6.07, 6.45) is 0.559. The number of nitrogens with one attached hydrogen (secondary N) is 1. The van der Waals surface area contributed by atoms with Gasteiger partial charge in [0.25, 0.3) is 0 Å². The second kappa shape index (κ2) is 5.13. The maximum absolute atomic E-state index is 11.2. The molecule has 6 N–H and O–H groups in total. The van der Waals surface area contributed by atoms with Crippen LogP contribution in [0.4, 0.5) is 11.4 Å². The molecule has 0 saturated carbocycles. The molecule has 0 atom stereocenters. The highest BCUT2D eigenvalue weighted by molar-refractivity contribution is 7.89. The van der Waals surface area contributed by atoms with E-state index in [1.54, 1.807) is 6.07 Å². The van der Waals surface area contributed by atoms with Crippen LogP contribution in [-0.4, -0.2) is 25.7 Å². The molecule has 0 aliphatic carbocycles. The van der Waals surface area contributed by atoms with Crippen LogP contribution >= 0.6 is 0 Å². The number of nitrogen functional groups attached to an aromatic ring is 1. The zero-order chi connectivity index (χ0) is 14.0. The van der Waals surface area contributed by atoms with Crippen molar-refractivity contribution in [3.8, 4) is 0 Å². The lowest BCUT2D eigenvalue weighted by Crippen LogP contribution is -2.31. The molecule has 0 radical (unpaired) electrons. The van der Waals surface area contributed by atoms with Gasteiger partial charge in [-0.15, -0.1) is 0 Å². The molecule has 7 heteroatoms. The van der Waals surface area contributed by atoms with Gasteiger partial charge in [0.1, 0.15) is 4.90 Å². The Morgan fingerprint density at radius 3 is 2.44 bits per heavy atom. The quantitative estimate of drug-likeness (QED) is 0.582. The Balaban J connectivity index is 2.99. The van der Waals surface area contributed by atoms with Crippen LogP contribution in [-0.2, 0) is 10.0 Å². The molecular weight excluding hydrogens is 254 g/mol. The molecular formula is C11H19N3O3S. The van der Waals surface area contributed by atoms with Crippen LogP contribution in [0.25, 0.3) is 0 Å². The minimum absolute atomic E-state index is 0.0603. The summed E-state index contributed by atoms with van der Waals surface area (Å²) >= 11 is 0. The van der Waals surface area contributed by atoms with Gasteiger partial charge in [-0.05, 0) is 38.5 Å². The van der Waals surface area contributed by atoms with Gasteiger partial charge in [0.2, 0.25) is 10.0 Å². The molecule has 0 bridgehead atoms. The van der Waals surface area contributed by atoms with Gasteiger partial charge >= 0.3 is 0 Å². The van der Waals surface area contributed by atoms with Crippen molar-refractivity contribution >= 4 is 21.4 Å². The van der Waals surface area contributed by atoms with Crippen molar-refractivity contribution in [3.05, 3.63) is 18.2 Å². The Kier molecular flexibility index (Phi) is 4.20. The number of sulfonamides is 1. The highest BCUT2D eigenvalue weighted by Gasteiger charge is 2.18. The minimum atomic E-state index is -3.80. The van der Waals surface area contributed by atoms with E-state index in [9.17, 15) is 8.42 Å². The van der Waals surface area contributed by atoms with E-state index in [-0.39, 0.29) is 22.7 Å². The van der Waals surface area contributed by atoms with Crippen LogP contribution in [0.2, 0.25) is 0 Å². The molecule has 0 spiro atoms. The van der Waals surface area contributed by atoms with Gasteiger partial charge in [-0.1, -0.05) is 0 Å². The number of anilines is 2. The Labute approximate surface area is 107 Å². The molecule has 102 valence electrons. The Hall–Kier alpha value is -1.31. The monoisotopic (exact) mass is 273 g/mol. The maximum Gasteiger partial charge on any atom is 0.240 e. The normalized spacial score (nSPS) is 12.4. The van der Waals surface area contributed by atoms with Crippen molar-refractivity contribution in [3.63, 3.8) is 0 Å². The third kappa shape index (κ3) is 3.86. The average molecular weight is 273 g/mol. The topological polar surface area (TPSA) is 118 Å². The predicted molar refractivity (Wildman–Crippen MR) is 71.6 cm³/mol. The Bertz CT molecular complexity index is 526. The lowest BCUT2D eigenvalue weighted by atomic mass is 10.0. The number of aliphatic hydroxyl groups is 1. The maximum atomic E-state index is 11.2. The first-order valence-electron chi connectivity index (χ1n) is 5.47. The number of hydrogen-bond acceptors (Lipinski definition) is 5. The third-order valence-electron chi connectivity index (χ3n) is 2.54. The zero-order valence-electron chi connectivity index (χ0n) is 10.5. The summed E-state index contributed by atoms with van der Waals surface area (Å²) in [5.74, 6) is 0. The summed E-state index contributed by atoms with van der Waals surface area (Å²) in [4.78, 5) is -0.0898. The first kappa shape index (κ1) is 14.7. The number of benzene rings is 1. The molecule has 0 aliphatic heterocycles. The third-order valence-corrected chi connectivity index (χ3v) is 3.52. The minimum Gasteiger partial charge on any atom is -0.398 e. The summed E-state index contributed by atoms with van der Waals surface area (Å²) < 4.78 is 22.4. The molecule has 1 aromatic carbocycles. The second-order valence-corrected chi connectivity index (χ2v) is 6.31. The first-order valence-corrected chi connectivity index (χ1v) is 7.02. The lowest BCUT2D eigenvalue weighted by Gasteiger charge is -2.27.